The van der Waals surface area contributed by atoms with E-state index in [4.69, 9.17) is 5.26 Å². The molecule has 0 radical (unpaired) electrons. The fraction of sp³-hybridized carbons (Fsp3) is 0.533. The van der Waals surface area contributed by atoms with Gasteiger partial charge in [0.2, 0.25) is 0 Å². The predicted octanol–water partition coefficient (Wildman–Crippen LogP) is 2.08. The van der Waals surface area contributed by atoms with Gasteiger partial charge in [-0.05, 0) is 57.7 Å². The van der Waals surface area contributed by atoms with Crippen molar-refractivity contribution >= 4 is 0 Å². The number of benzene rings is 1. The molecule has 0 saturated carbocycles. The van der Waals surface area contributed by atoms with Gasteiger partial charge >= 0.3 is 0 Å². The molecule has 1 fully saturated rings. The van der Waals surface area contributed by atoms with E-state index in [0.29, 0.717) is 6.04 Å². The summed E-state index contributed by atoms with van der Waals surface area (Å²) in [6, 6.07) is 10.8. The number of likely N-dealkylation sites (tertiary alicyclic amines) is 1. The van der Waals surface area contributed by atoms with Crippen molar-refractivity contribution in [3.63, 3.8) is 0 Å². The molecule has 3 nitrogen and oxygen atoms in total. The molecule has 0 aliphatic carbocycles. The van der Waals surface area contributed by atoms with Gasteiger partial charge in [0.1, 0.15) is 0 Å². The number of nitriles is 1. The molecule has 0 N–H and O–H groups in total. The maximum atomic E-state index is 8.90. The van der Waals surface area contributed by atoms with Crippen LogP contribution in [0.5, 0.6) is 0 Å². The number of rotatable bonds is 3. The van der Waals surface area contributed by atoms with Crippen LogP contribution in [0.2, 0.25) is 0 Å². The van der Waals surface area contributed by atoms with Gasteiger partial charge in [-0.1, -0.05) is 12.1 Å². The second kappa shape index (κ2) is 5.99. The lowest BCUT2D eigenvalue weighted by Gasteiger charge is -2.35. The minimum absolute atomic E-state index is 0.673. The van der Waals surface area contributed by atoms with Crippen molar-refractivity contribution < 1.29 is 0 Å². The lowest BCUT2D eigenvalue weighted by Crippen LogP contribution is -2.41. The van der Waals surface area contributed by atoms with E-state index >= 15 is 0 Å². The van der Waals surface area contributed by atoms with E-state index in [0.717, 1.165) is 12.1 Å². The van der Waals surface area contributed by atoms with Crippen molar-refractivity contribution in [1.29, 1.82) is 5.26 Å². The molecule has 96 valence electrons. The van der Waals surface area contributed by atoms with E-state index in [9.17, 15) is 0 Å². The molecule has 0 atom stereocenters. The van der Waals surface area contributed by atoms with Crippen LogP contribution in [-0.2, 0) is 6.54 Å². The molecule has 1 aromatic rings. The van der Waals surface area contributed by atoms with Gasteiger partial charge in [0, 0.05) is 12.6 Å². The number of hydrogen-bond acceptors (Lipinski definition) is 3. The van der Waals surface area contributed by atoms with Crippen LogP contribution in [0.15, 0.2) is 24.3 Å². The van der Waals surface area contributed by atoms with Crippen LogP contribution in [0.1, 0.15) is 24.0 Å². The van der Waals surface area contributed by atoms with Crippen LogP contribution >= 0.6 is 0 Å². The van der Waals surface area contributed by atoms with Gasteiger partial charge in [-0.15, -0.1) is 0 Å². The van der Waals surface area contributed by atoms with Crippen LogP contribution in [0, 0.1) is 11.3 Å². The quantitative estimate of drug-likeness (QED) is 0.814. The fourth-order valence-electron chi connectivity index (χ4n) is 2.59. The Hall–Kier alpha value is -1.37. The van der Waals surface area contributed by atoms with Gasteiger partial charge in [0.05, 0.1) is 11.6 Å². The highest BCUT2D eigenvalue weighted by Gasteiger charge is 2.20. The van der Waals surface area contributed by atoms with Crippen LogP contribution in [0.4, 0.5) is 0 Å². The Kier molecular flexibility index (Phi) is 4.35. The summed E-state index contributed by atoms with van der Waals surface area (Å²) in [7, 11) is 4.38. The monoisotopic (exact) mass is 243 g/mol. The van der Waals surface area contributed by atoms with Crippen LogP contribution < -0.4 is 0 Å². The Morgan fingerprint density at radius 2 is 2.11 bits per heavy atom. The van der Waals surface area contributed by atoms with E-state index < -0.39 is 0 Å². The van der Waals surface area contributed by atoms with E-state index in [1.54, 1.807) is 0 Å². The molecule has 0 spiro atoms. The summed E-state index contributed by atoms with van der Waals surface area (Å²) in [5.74, 6) is 0. The lowest BCUT2D eigenvalue weighted by molar-refractivity contribution is 0.139. The average Bonchev–Trinajstić information content (AvgIpc) is 2.39. The Morgan fingerprint density at radius 1 is 1.39 bits per heavy atom. The molecule has 18 heavy (non-hydrogen) atoms. The highest BCUT2D eigenvalue weighted by molar-refractivity contribution is 5.32. The molecule has 0 aromatic heterocycles. The van der Waals surface area contributed by atoms with Crippen molar-refractivity contribution in [3.05, 3.63) is 35.4 Å². The molecule has 0 bridgehead atoms. The standard InChI is InChI=1S/C15H21N3/c1-17-8-6-15(7-9-17)18(2)12-14-5-3-4-13(10-14)11-16/h3-5,10,15H,6-9,12H2,1-2H3. The third-order valence-corrected chi connectivity index (χ3v) is 3.80. The minimum atomic E-state index is 0.673. The van der Waals surface area contributed by atoms with E-state index in [-0.39, 0.29) is 0 Å². The molecule has 1 aromatic carbocycles. The lowest BCUT2D eigenvalue weighted by atomic mass is 10.0. The Labute approximate surface area is 110 Å². The second-order valence-corrected chi connectivity index (χ2v) is 5.26. The van der Waals surface area contributed by atoms with Gasteiger partial charge in [0.15, 0.2) is 0 Å². The molecule has 1 aliphatic heterocycles. The topological polar surface area (TPSA) is 30.3 Å². The van der Waals surface area contributed by atoms with Gasteiger partial charge in [-0.2, -0.15) is 5.26 Å². The summed E-state index contributed by atoms with van der Waals surface area (Å²) in [6.07, 6.45) is 2.48. The SMILES string of the molecule is CN1CCC(N(C)Cc2cccc(C#N)c2)CC1. The molecule has 1 heterocycles. The number of piperidine rings is 1. The summed E-state index contributed by atoms with van der Waals surface area (Å²) in [5.41, 5.74) is 1.99. The summed E-state index contributed by atoms with van der Waals surface area (Å²) in [5, 5.41) is 8.90. The summed E-state index contributed by atoms with van der Waals surface area (Å²) in [6.45, 7) is 3.31. The predicted molar refractivity (Wildman–Crippen MR) is 73.1 cm³/mol. The van der Waals surface area contributed by atoms with Crippen LogP contribution in [0.25, 0.3) is 0 Å². The Morgan fingerprint density at radius 3 is 2.78 bits per heavy atom. The van der Waals surface area contributed by atoms with Crippen molar-refractivity contribution in [2.45, 2.75) is 25.4 Å². The van der Waals surface area contributed by atoms with Crippen molar-refractivity contribution in [2.24, 2.45) is 0 Å². The van der Waals surface area contributed by atoms with Crippen molar-refractivity contribution in [3.8, 4) is 6.07 Å². The van der Waals surface area contributed by atoms with Crippen molar-refractivity contribution in [1.82, 2.24) is 9.80 Å². The third kappa shape index (κ3) is 3.32. The zero-order valence-corrected chi connectivity index (χ0v) is 11.3. The van der Waals surface area contributed by atoms with Gasteiger partial charge in [-0.3, -0.25) is 4.90 Å². The van der Waals surface area contributed by atoms with Crippen LogP contribution in [-0.4, -0.2) is 43.0 Å². The maximum absolute atomic E-state index is 8.90. The summed E-state index contributed by atoms with van der Waals surface area (Å²) in [4.78, 5) is 4.81. The Balaban J connectivity index is 1.94. The highest BCUT2D eigenvalue weighted by Crippen LogP contribution is 2.17. The smallest absolute Gasteiger partial charge is 0.0991 e. The highest BCUT2D eigenvalue weighted by atomic mass is 15.2. The van der Waals surface area contributed by atoms with Crippen LogP contribution in [0.3, 0.4) is 0 Å². The zero-order chi connectivity index (χ0) is 13.0. The minimum Gasteiger partial charge on any atom is -0.306 e. The van der Waals surface area contributed by atoms with Gasteiger partial charge in [0.25, 0.3) is 0 Å². The van der Waals surface area contributed by atoms with E-state index in [1.165, 1.54) is 31.5 Å². The summed E-state index contributed by atoms with van der Waals surface area (Å²) < 4.78 is 0. The molecule has 2 rings (SSSR count). The molecule has 3 heteroatoms. The maximum Gasteiger partial charge on any atom is 0.0991 e. The molecular formula is C15H21N3. The molecular weight excluding hydrogens is 222 g/mol. The molecule has 0 amide bonds. The van der Waals surface area contributed by atoms with Gasteiger partial charge < -0.3 is 4.90 Å². The number of hydrogen-bond donors (Lipinski definition) is 0. The molecule has 1 saturated heterocycles. The fourth-order valence-corrected chi connectivity index (χ4v) is 2.59. The van der Waals surface area contributed by atoms with Gasteiger partial charge in [-0.25, -0.2) is 0 Å². The number of nitrogens with zero attached hydrogens (tertiary/aromatic N) is 3. The molecule has 0 unspecified atom stereocenters. The molecule has 1 aliphatic rings. The first-order chi connectivity index (χ1) is 8.69. The average molecular weight is 243 g/mol. The van der Waals surface area contributed by atoms with E-state index in [2.05, 4.69) is 36.0 Å². The largest absolute Gasteiger partial charge is 0.306 e. The normalized spacial score (nSPS) is 17.9. The Bertz CT molecular complexity index is 428. The third-order valence-electron chi connectivity index (χ3n) is 3.80. The zero-order valence-electron chi connectivity index (χ0n) is 11.3. The first-order valence-electron chi connectivity index (χ1n) is 6.57. The van der Waals surface area contributed by atoms with E-state index in [1.807, 2.05) is 18.2 Å². The first kappa shape index (κ1) is 13.1. The summed E-state index contributed by atoms with van der Waals surface area (Å²) >= 11 is 0. The van der Waals surface area contributed by atoms with Crippen molar-refractivity contribution in [2.75, 3.05) is 27.2 Å². The first-order valence-corrected chi connectivity index (χ1v) is 6.57. The second-order valence-electron chi connectivity index (χ2n) is 5.26.